The Labute approximate surface area is 144 Å². The molecule has 0 bridgehead atoms. The zero-order chi connectivity index (χ0) is 18.2. The van der Waals surface area contributed by atoms with Crippen LogP contribution in [0.3, 0.4) is 0 Å². The van der Waals surface area contributed by atoms with Gasteiger partial charge in [0.05, 0.1) is 31.9 Å². The average Bonchev–Trinajstić information content (AvgIpc) is 2.46. The quantitative estimate of drug-likeness (QED) is 0.686. The molecule has 24 heavy (non-hydrogen) atoms. The summed E-state index contributed by atoms with van der Waals surface area (Å²) in [5.74, 6) is -4.33. The van der Waals surface area contributed by atoms with Crippen LogP contribution in [0.2, 0.25) is 10.0 Å². The summed E-state index contributed by atoms with van der Waals surface area (Å²) in [4.78, 5) is 10.4. The van der Waals surface area contributed by atoms with Gasteiger partial charge in [-0.25, -0.2) is 22.0 Å². The van der Waals surface area contributed by atoms with Crippen molar-refractivity contribution in [3.63, 3.8) is 0 Å². The van der Waals surface area contributed by atoms with Crippen LogP contribution in [0.5, 0.6) is 0 Å². The largest absolute Gasteiger partial charge is 0.478 e. The number of aromatic carboxylic acids is 1. The number of carboxylic acids is 1. The lowest BCUT2D eigenvalue weighted by molar-refractivity contribution is 0.0692. The third-order valence-electron chi connectivity index (χ3n) is 2.89. The molecule has 11 heteroatoms. The van der Waals surface area contributed by atoms with Gasteiger partial charge in [-0.3, -0.25) is 4.72 Å². The predicted molar refractivity (Wildman–Crippen MR) is 85.0 cm³/mol. The molecular formula is C13H8Cl2F2N2O4S. The van der Waals surface area contributed by atoms with E-state index in [0.717, 1.165) is 12.1 Å². The lowest BCUT2D eigenvalue weighted by Crippen LogP contribution is -2.15. The van der Waals surface area contributed by atoms with E-state index in [0.29, 0.717) is 6.07 Å². The lowest BCUT2D eigenvalue weighted by Gasteiger charge is -2.12. The van der Waals surface area contributed by atoms with Crippen LogP contribution in [0, 0.1) is 11.6 Å². The number of sulfonamides is 1. The molecule has 0 saturated heterocycles. The number of hydrogen-bond acceptors (Lipinski definition) is 4. The number of carboxylic acid groups (broad SMARTS) is 1. The van der Waals surface area contributed by atoms with Crippen LogP contribution in [-0.2, 0) is 10.0 Å². The van der Waals surface area contributed by atoms with E-state index < -0.39 is 43.8 Å². The van der Waals surface area contributed by atoms with Gasteiger partial charge in [0.2, 0.25) is 0 Å². The van der Waals surface area contributed by atoms with Crippen LogP contribution >= 0.6 is 23.2 Å². The van der Waals surface area contributed by atoms with Gasteiger partial charge in [0.15, 0.2) is 0 Å². The minimum Gasteiger partial charge on any atom is -0.478 e. The molecule has 0 atom stereocenters. The Hall–Kier alpha value is -2.10. The summed E-state index contributed by atoms with van der Waals surface area (Å²) in [7, 11) is -4.38. The summed E-state index contributed by atoms with van der Waals surface area (Å²) in [6.07, 6.45) is 0. The highest BCUT2D eigenvalue weighted by atomic mass is 35.5. The van der Waals surface area contributed by atoms with Gasteiger partial charge in [-0.05, 0) is 18.2 Å². The molecule has 0 unspecified atom stereocenters. The van der Waals surface area contributed by atoms with Gasteiger partial charge >= 0.3 is 5.97 Å². The minimum absolute atomic E-state index is 0.0431. The number of hydrogen-bond donors (Lipinski definition) is 3. The van der Waals surface area contributed by atoms with Crippen molar-refractivity contribution in [2.75, 3.05) is 10.5 Å². The van der Waals surface area contributed by atoms with Gasteiger partial charge < -0.3 is 10.8 Å². The third-order valence-corrected chi connectivity index (χ3v) is 4.86. The number of nitrogens with one attached hydrogen (secondary N) is 1. The Morgan fingerprint density at radius 1 is 1.08 bits per heavy atom. The molecule has 0 aromatic heterocycles. The van der Waals surface area contributed by atoms with Gasteiger partial charge in [0.25, 0.3) is 10.0 Å². The molecule has 0 radical (unpaired) electrons. The maximum Gasteiger partial charge on any atom is 0.338 e. The van der Waals surface area contributed by atoms with Gasteiger partial charge in [-0.15, -0.1) is 0 Å². The molecule has 0 aliphatic carbocycles. The monoisotopic (exact) mass is 396 g/mol. The molecule has 6 nitrogen and oxygen atoms in total. The maximum atomic E-state index is 13.7. The van der Waals surface area contributed by atoms with Crippen LogP contribution < -0.4 is 10.5 Å². The summed E-state index contributed by atoms with van der Waals surface area (Å²) in [6.45, 7) is 0. The van der Waals surface area contributed by atoms with E-state index in [1.165, 1.54) is 0 Å². The summed E-state index contributed by atoms with van der Waals surface area (Å²) in [5, 5.41) is 8.52. The molecule has 128 valence electrons. The molecule has 2 aromatic rings. The average molecular weight is 397 g/mol. The molecule has 0 spiro atoms. The van der Waals surface area contributed by atoms with Crippen molar-refractivity contribution in [1.29, 1.82) is 0 Å². The van der Waals surface area contributed by atoms with Crippen molar-refractivity contribution >= 4 is 50.6 Å². The molecule has 0 saturated carbocycles. The van der Waals surface area contributed by atoms with E-state index in [4.69, 9.17) is 34.0 Å². The minimum atomic E-state index is -4.38. The Kier molecular flexibility index (Phi) is 4.88. The fraction of sp³-hybridized carbons (Fsp3) is 0. The van der Waals surface area contributed by atoms with Gasteiger partial charge in [0.1, 0.15) is 11.6 Å². The zero-order valence-electron chi connectivity index (χ0n) is 11.5. The van der Waals surface area contributed by atoms with E-state index >= 15 is 0 Å². The Balaban J connectivity index is 2.51. The molecule has 0 amide bonds. The summed E-state index contributed by atoms with van der Waals surface area (Å²) in [6, 6.07) is 2.73. The van der Waals surface area contributed by atoms with Gasteiger partial charge in [0, 0.05) is 6.07 Å². The number of nitrogens with two attached hydrogens (primary N) is 1. The van der Waals surface area contributed by atoms with Crippen LogP contribution in [-0.4, -0.2) is 19.5 Å². The first-order chi connectivity index (χ1) is 11.0. The molecule has 2 aromatic carbocycles. The topological polar surface area (TPSA) is 109 Å². The molecule has 2 rings (SSSR count). The Bertz CT molecular complexity index is 928. The fourth-order valence-corrected chi connectivity index (χ4v) is 3.44. The van der Waals surface area contributed by atoms with Crippen LogP contribution in [0.25, 0.3) is 0 Å². The van der Waals surface area contributed by atoms with Crippen LogP contribution in [0.4, 0.5) is 20.2 Å². The molecule has 0 aliphatic rings. The van der Waals surface area contributed by atoms with Crippen molar-refractivity contribution in [2.45, 2.75) is 4.90 Å². The van der Waals surface area contributed by atoms with E-state index in [-0.39, 0.29) is 21.8 Å². The van der Waals surface area contributed by atoms with Gasteiger partial charge in [-0.1, -0.05) is 23.2 Å². The van der Waals surface area contributed by atoms with Crippen LogP contribution in [0.1, 0.15) is 10.4 Å². The summed E-state index contributed by atoms with van der Waals surface area (Å²) >= 11 is 11.5. The second kappa shape index (κ2) is 6.42. The highest BCUT2D eigenvalue weighted by molar-refractivity contribution is 7.92. The molecule has 0 aliphatic heterocycles. The second-order valence-electron chi connectivity index (χ2n) is 4.52. The standard InChI is InChI=1S/C13H8Cl2F2N2O4S/c14-7-1-5(2-8(15)12(7)18)24(22,23)19-11-3-6(13(20)21)9(16)4-10(11)17/h1-4,19H,18H2,(H,20,21). The van der Waals surface area contributed by atoms with Crippen molar-refractivity contribution in [2.24, 2.45) is 0 Å². The molecular weight excluding hydrogens is 389 g/mol. The number of nitrogen functional groups attached to an aromatic ring is 1. The van der Waals surface area contributed by atoms with Crippen molar-refractivity contribution in [1.82, 2.24) is 0 Å². The molecule has 0 heterocycles. The first kappa shape index (κ1) is 18.2. The van der Waals surface area contributed by atoms with E-state index in [1.54, 1.807) is 0 Å². The number of rotatable bonds is 4. The maximum absolute atomic E-state index is 13.7. The fourth-order valence-electron chi connectivity index (χ4n) is 1.71. The zero-order valence-corrected chi connectivity index (χ0v) is 13.8. The number of anilines is 2. The SMILES string of the molecule is Nc1c(Cl)cc(S(=O)(=O)Nc2cc(C(=O)O)c(F)cc2F)cc1Cl. The summed E-state index contributed by atoms with van der Waals surface area (Å²) < 4.78 is 53.4. The number of benzene rings is 2. The van der Waals surface area contributed by atoms with Crippen molar-refractivity contribution in [3.8, 4) is 0 Å². The smallest absolute Gasteiger partial charge is 0.338 e. The second-order valence-corrected chi connectivity index (χ2v) is 7.02. The Morgan fingerprint density at radius 3 is 2.12 bits per heavy atom. The van der Waals surface area contributed by atoms with E-state index in [2.05, 4.69) is 0 Å². The number of halogens is 4. The normalized spacial score (nSPS) is 11.3. The van der Waals surface area contributed by atoms with Crippen LogP contribution in [0.15, 0.2) is 29.2 Å². The summed E-state index contributed by atoms with van der Waals surface area (Å²) in [5.41, 5.74) is 3.80. The lowest BCUT2D eigenvalue weighted by atomic mass is 10.2. The van der Waals surface area contributed by atoms with E-state index in [9.17, 15) is 22.0 Å². The highest BCUT2D eigenvalue weighted by Gasteiger charge is 2.22. The predicted octanol–water partition coefficient (Wildman–Crippen LogP) is 3.35. The highest BCUT2D eigenvalue weighted by Crippen LogP contribution is 2.32. The number of carbonyl (C=O) groups is 1. The first-order valence-electron chi connectivity index (χ1n) is 6.02. The van der Waals surface area contributed by atoms with Crippen molar-refractivity contribution < 1.29 is 27.1 Å². The van der Waals surface area contributed by atoms with Gasteiger partial charge in [-0.2, -0.15) is 0 Å². The van der Waals surface area contributed by atoms with Crippen molar-refractivity contribution in [3.05, 3.63) is 51.5 Å². The van der Waals surface area contributed by atoms with E-state index in [1.807, 2.05) is 4.72 Å². The Morgan fingerprint density at radius 2 is 1.62 bits per heavy atom. The molecule has 4 N–H and O–H groups in total. The third kappa shape index (κ3) is 3.53. The first-order valence-corrected chi connectivity index (χ1v) is 8.26. The molecule has 0 fully saturated rings.